The van der Waals surface area contributed by atoms with E-state index in [-0.39, 0.29) is 11.3 Å². The number of hydrogen-bond donors (Lipinski definition) is 2. The Morgan fingerprint density at radius 2 is 2.10 bits per heavy atom. The molecule has 0 spiro atoms. The van der Waals surface area contributed by atoms with Crippen molar-refractivity contribution in [1.29, 1.82) is 5.26 Å². The van der Waals surface area contributed by atoms with Crippen LogP contribution in [0, 0.1) is 18.3 Å². The average Bonchev–Trinajstić information content (AvgIpc) is 2.40. The van der Waals surface area contributed by atoms with Crippen molar-refractivity contribution in [3.63, 3.8) is 0 Å². The Hall–Kier alpha value is -2.74. The predicted molar refractivity (Wildman–Crippen MR) is 74.8 cm³/mol. The van der Waals surface area contributed by atoms with E-state index in [1.807, 2.05) is 13.0 Å². The summed E-state index contributed by atoms with van der Waals surface area (Å²) in [5.74, 6) is 0.567. The first kappa shape index (κ1) is 13.7. The van der Waals surface area contributed by atoms with Gasteiger partial charge in [0.25, 0.3) is 5.56 Å². The van der Waals surface area contributed by atoms with Crippen LogP contribution in [0.4, 0.5) is 0 Å². The summed E-state index contributed by atoms with van der Waals surface area (Å²) in [5, 5.41) is 19.1. The molecule has 1 aromatic carbocycles. The lowest BCUT2D eigenvalue weighted by atomic mass is 10.00. The molecule has 0 unspecified atom stereocenters. The van der Waals surface area contributed by atoms with Gasteiger partial charge in [-0.25, -0.2) is 0 Å². The molecule has 0 radical (unpaired) electrons. The SMILES string of the molecule is CCOc1ccc(O)c(-c2cc(C)[nH]c(=O)c2C#N)c1. The number of phenolic OH excluding ortho intramolecular Hbond substituents is 1. The number of phenols is 1. The van der Waals surface area contributed by atoms with Crippen LogP contribution in [-0.4, -0.2) is 16.7 Å². The van der Waals surface area contributed by atoms with E-state index in [0.29, 0.717) is 29.2 Å². The molecule has 5 heteroatoms. The van der Waals surface area contributed by atoms with E-state index in [1.54, 1.807) is 25.1 Å². The molecule has 1 heterocycles. The molecule has 5 nitrogen and oxygen atoms in total. The first-order valence-electron chi connectivity index (χ1n) is 6.17. The fourth-order valence-electron chi connectivity index (χ4n) is 2.00. The first-order valence-corrected chi connectivity index (χ1v) is 6.17. The highest BCUT2D eigenvalue weighted by Crippen LogP contribution is 2.33. The van der Waals surface area contributed by atoms with Crippen molar-refractivity contribution < 1.29 is 9.84 Å². The van der Waals surface area contributed by atoms with Crippen molar-refractivity contribution in [3.8, 4) is 28.7 Å². The Labute approximate surface area is 116 Å². The third-order valence-electron chi connectivity index (χ3n) is 2.85. The number of benzene rings is 1. The van der Waals surface area contributed by atoms with Gasteiger partial charge in [0, 0.05) is 16.8 Å². The van der Waals surface area contributed by atoms with Crippen molar-refractivity contribution >= 4 is 0 Å². The highest BCUT2D eigenvalue weighted by atomic mass is 16.5. The van der Waals surface area contributed by atoms with Gasteiger partial charge in [0.05, 0.1) is 6.61 Å². The number of H-pyrrole nitrogens is 1. The van der Waals surface area contributed by atoms with Crippen molar-refractivity contribution in [3.05, 3.63) is 45.9 Å². The number of nitriles is 1. The van der Waals surface area contributed by atoms with E-state index in [2.05, 4.69) is 4.98 Å². The number of hydrogen-bond acceptors (Lipinski definition) is 4. The van der Waals surface area contributed by atoms with Gasteiger partial charge in [-0.1, -0.05) is 0 Å². The second kappa shape index (κ2) is 5.49. The van der Waals surface area contributed by atoms with Crippen LogP contribution >= 0.6 is 0 Å². The Morgan fingerprint density at radius 1 is 1.35 bits per heavy atom. The lowest BCUT2D eigenvalue weighted by molar-refractivity contribution is 0.339. The van der Waals surface area contributed by atoms with E-state index in [0.717, 1.165) is 0 Å². The zero-order valence-electron chi connectivity index (χ0n) is 11.2. The smallest absolute Gasteiger partial charge is 0.266 e. The van der Waals surface area contributed by atoms with Crippen LogP contribution in [0.5, 0.6) is 11.5 Å². The molecule has 2 aromatic rings. The van der Waals surface area contributed by atoms with E-state index in [9.17, 15) is 9.90 Å². The van der Waals surface area contributed by atoms with E-state index >= 15 is 0 Å². The minimum Gasteiger partial charge on any atom is -0.507 e. The molecule has 0 fully saturated rings. The molecule has 1 aromatic heterocycles. The second-order valence-corrected chi connectivity index (χ2v) is 4.29. The highest BCUT2D eigenvalue weighted by Gasteiger charge is 2.14. The third-order valence-corrected chi connectivity index (χ3v) is 2.85. The number of nitrogens with zero attached hydrogens (tertiary/aromatic N) is 1. The van der Waals surface area contributed by atoms with Gasteiger partial charge in [0.2, 0.25) is 0 Å². The Bertz CT molecular complexity index is 742. The van der Waals surface area contributed by atoms with Crippen LogP contribution < -0.4 is 10.3 Å². The number of aromatic hydroxyl groups is 1. The Morgan fingerprint density at radius 3 is 2.75 bits per heavy atom. The molecular formula is C15H14N2O3. The zero-order chi connectivity index (χ0) is 14.7. The molecule has 0 saturated carbocycles. The van der Waals surface area contributed by atoms with Crippen LogP contribution in [0.1, 0.15) is 18.2 Å². The van der Waals surface area contributed by atoms with Crippen molar-refractivity contribution in [2.24, 2.45) is 0 Å². The summed E-state index contributed by atoms with van der Waals surface area (Å²) in [4.78, 5) is 14.4. The number of nitrogens with one attached hydrogen (secondary N) is 1. The number of rotatable bonds is 3. The summed E-state index contributed by atoms with van der Waals surface area (Å²) in [6.07, 6.45) is 0. The van der Waals surface area contributed by atoms with Crippen LogP contribution in [0.15, 0.2) is 29.1 Å². The monoisotopic (exact) mass is 270 g/mol. The maximum Gasteiger partial charge on any atom is 0.266 e. The molecule has 2 rings (SSSR count). The van der Waals surface area contributed by atoms with Crippen molar-refractivity contribution in [2.45, 2.75) is 13.8 Å². The van der Waals surface area contributed by atoms with Gasteiger partial charge in [0.1, 0.15) is 23.1 Å². The lowest BCUT2D eigenvalue weighted by Gasteiger charge is -2.10. The zero-order valence-corrected chi connectivity index (χ0v) is 11.2. The van der Waals surface area contributed by atoms with Crippen molar-refractivity contribution in [1.82, 2.24) is 4.98 Å². The molecule has 0 bridgehead atoms. The van der Waals surface area contributed by atoms with Crippen LogP contribution in [0.2, 0.25) is 0 Å². The van der Waals surface area contributed by atoms with Gasteiger partial charge in [0.15, 0.2) is 0 Å². The van der Waals surface area contributed by atoms with Gasteiger partial charge in [-0.15, -0.1) is 0 Å². The normalized spacial score (nSPS) is 10.1. The molecule has 102 valence electrons. The molecule has 0 amide bonds. The van der Waals surface area contributed by atoms with Gasteiger partial charge in [-0.3, -0.25) is 4.79 Å². The summed E-state index contributed by atoms with van der Waals surface area (Å²) in [6.45, 7) is 4.06. The standard InChI is InChI=1S/C15H14N2O3/c1-3-20-10-4-5-14(18)12(7-10)11-6-9(2)17-15(19)13(11)8-16/h4-7,18H,3H2,1-2H3,(H,17,19). The van der Waals surface area contributed by atoms with Gasteiger partial charge < -0.3 is 14.8 Å². The summed E-state index contributed by atoms with van der Waals surface area (Å²) in [5.41, 5.74) is 0.919. The minimum atomic E-state index is -0.469. The highest BCUT2D eigenvalue weighted by molar-refractivity contribution is 5.76. The molecule has 0 atom stereocenters. The molecule has 0 aliphatic rings. The molecule has 0 saturated heterocycles. The number of aromatic nitrogens is 1. The maximum absolute atomic E-state index is 11.8. The first-order chi connectivity index (χ1) is 9.56. The Balaban J connectivity index is 2.71. The number of ether oxygens (including phenoxy) is 1. The Kier molecular flexibility index (Phi) is 3.76. The minimum absolute atomic E-state index is 0.00467. The second-order valence-electron chi connectivity index (χ2n) is 4.29. The van der Waals surface area contributed by atoms with Crippen LogP contribution in [0.25, 0.3) is 11.1 Å². The van der Waals surface area contributed by atoms with Gasteiger partial charge in [-0.2, -0.15) is 5.26 Å². The molecule has 20 heavy (non-hydrogen) atoms. The number of aryl methyl sites for hydroxylation is 1. The fraction of sp³-hybridized carbons (Fsp3) is 0.200. The largest absolute Gasteiger partial charge is 0.507 e. The average molecular weight is 270 g/mol. The topological polar surface area (TPSA) is 86.1 Å². The van der Waals surface area contributed by atoms with Crippen LogP contribution in [0.3, 0.4) is 0 Å². The summed E-state index contributed by atoms with van der Waals surface area (Å²) in [7, 11) is 0. The number of aromatic amines is 1. The number of pyridine rings is 1. The van der Waals surface area contributed by atoms with Gasteiger partial charge >= 0.3 is 0 Å². The summed E-state index contributed by atoms with van der Waals surface area (Å²) >= 11 is 0. The molecule has 0 aliphatic carbocycles. The maximum atomic E-state index is 11.8. The molecular weight excluding hydrogens is 256 g/mol. The van der Waals surface area contributed by atoms with Crippen molar-refractivity contribution in [2.75, 3.05) is 6.61 Å². The lowest BCUT2D eigenvalue weighted by Crippen LogP contribution is -2.12. The van der Waals surface area contributed by atoms with E-state index in [4.69, 9.17) is 10.00 Å². The summed E-state index contributed by atoms with van der Waals surface area (Å²) in [6, 6.07) is 8.27. The summed E-state index contributed by atoms with van der Waals surface area (Å²) < 4.78 is 5.38. The molecule has 2 N–H and O–H groups in total. The quantitative estimate of drug-likeness (QED) is 0.896. The van der Waals surface area contributed by atoms with E-state index in [1.165, 1.54) is 6.07 Å². The van der Waals surface area contributed by atoms with E-state index < -0.39 is 5.56 Å². The third kappa shape index (κ3) is 2.50. The van der Waals surface area contributed by atoms with Crippen LogP contribution in [-0.2, 0) is 0 Å². The van der Waals surface area contributed by atoms with Gasteiger partial charge in [-0.05, 0) is 38.1 Å². The fourth-order valence-corrected chi connectivity index (χ4v) is 2.00. The predicted octanol–water partition coefficient (Wildman–Crippen LogP) is 2.33. The molecule has 0 aliphatic heterocycles.